The third kappa shape index (κ3) is 5.47. The minimum Gasteiger partial charge on any atom is -0.357 e. The van der Waals surface area contributed by atoms with Crippen LogP contribution in [0.2, 0.25) is 0 Å². The zero-order valence-corrected chi connectivity index (χ0v) is 14.4. The van der Waals surface area contributed by atoms with Crippen LogP contribution in [0.4, 0.5) is 5.13 Å². The van der Waals surface area contributed by atoms with Crippen LogP contribution in [0.3, 0.4) is 0 Å². The summed E-state index contributed by atoms with van der Waals surface area (Å²) >= 11 is 3.02. The molecule has 1 unspecified atom stereocenters. The van der Waals surface area contributed by atoms with Crippen molar-refractivity contribution >= 4 is 34.1 Å². The Balaban J connectivity index is 1.80. The predicted octanol–water partition coefficient (Wildman–Crippen LogP) is 3.29. The third-order valence-corrected chi connectivity index (χ3v) is 5.57. The SMILES string of the molecule is CCCNC(=O)C(C)Sc1nnc(NC2CCCCC2)s1. The second-order valence-corrected chi connectivity index (χ2v) is 7.97. The lowest BCUT2D eigenvalue weighted by Gasteiger charge is -2.21. The first-order valence-electron chi connectivity index (χ1n) is 7.73. The molecule has 21 heavy (non-hydrogen) atoms. The minimum atomic E-state index is -0.132. The summed E-state index contributed by atoms with van der Waals surface area (Å²) in [4.78, 5) is 11.8. The van der Waals surface area contributed by atoms with Crippen LogP contribution in [0.25, 0.3) is 0 Å². The molecular weight excluding hydrogens is 304 g/mol. The van der Waals surface area contributed by atoms with E-state index < -0.39 is 0 Å². The van der Waals surface area contributed by atoms with Crippen LogP contribution in [0.1, 0.15) is 52.4 Å². The van der Waals surface area contributed by atoms with Gasteiger partial charge in [-0.25, -0.2) is 0 Å². The van der Waals surface area contributed by atoms with E-state index in [0.717, 1.165) is 22.4 Å². The van der Waals surface area contributed by atoms with Crippen molar-refractivity contribution in [3.05, 3.63) is 0 Å². The number of hydrogen-bond acceptors (Lipinski definition) is 6. The molecule has 2 N–H and O–H groups in total. The zero-order chi connectivity index (χ0) is 15.1. The van der Waals surface area contributed by atoms with Gasteiger partial charge in [-0.1, -0.05) is 49.3 Å². The van der Waals surface area contributed by atoms with Crippen molar-refractivity contribution in [2.24, 2.45) is 0 Å². The lowest BCUT2D eigenvalue weighted by Crippen LogP contribution is -2.31. The van der Waals surface area contributed by atoms with E-state index in [1.165, 1.54) is 43.9 Å². The molecule has 2 rings (SSSR count). The molecule has 118 valence electrons. The summed E-state index contributed by atoms with van der Waals surface area (Å²) in [5.74, 6) is 0.0684. The Morgan fingerprint density at radius 1 is 1.38 bits per heavy atom. The van der Waals surface area contributed by atoms with Gasteiger partial charge in [0.1, 0.15) is 0 Å². The quantitative estimate of drug-likeness (QED) is 0.752. The highest BCUT2D eigenvalue weighted by molar-refractivity contribution is 8.02. The largest absolute Gasteiger partial charge is 0.357 e. The number of nitrogens with zero attached hydrogens (tertiary/aromatic N) is 2. The fourth-order valence-corrected chi connectivity index (χ4v) is 4.33. The first kappa shape index (κ1) is 16.5. The van der Waals surface area contributed by atoms with Gasteiger partial charge in [0.25, 0.3) is 0 Å². The van der Waals surface area contributed by atoms with Gasteiger partial charge in [0.15, 0.2) is 4.34 Å². The molecule has 1 aromatic heterocycles. The second kappa shape index (κ2) is 8.58. The van der Waals surface area contributed by atoms with Crippen molar-refractivity contribution < 1.29 is 4.79 Å². The van der Waals surface area contributed by atoms with Gasteiger partial charge >= 0.3 is 0 Å². The average Bonchev–Trinajstić information content (AvgIpc) is 2.92. The van der Waals surface area contributed by atoms with Crippen molar-refractivity contribution in [2.45, 2.75) is 68.0 Å². The summed E-state index contributed by atoms with van der Waals surface area (Å²) in [6.45, 7) is 4.69. The fourth-order valence-electron chi connectivity index (χ4n) is 2.33. The number of thioether (sulfide) groups is 1. The van der Waals surface area contributed by atoms with Gasteiger partial charge in [0, 0.05) is 12.6 Å². The van der Waals surface area contributed by atoms with Crippen LogP contribution in [-0.4, -0.2) is 33.9 Å². The monoisotopic (exact) mass is 328 g/mol. The first-order chi connectivity index (χ1) is 10.2. The molecule has 0 bridgehead atoms. The second-order valence-electron chi connectivity index (χ2n) is 5.40. The molecule has 1 atom stereocenters. The van der Waals surface area contributed by atoms with E-state index in [0.29, 0.717) is 6.04 Å². The Morgan fingerprint density at radius 2 is 2.14 bits per heavy atom. The van der Waals surface area contributed by atoms with Gasteiger partial charge in [-0.2, -0.15) is 0 Å². The molecule has 1 aromatic rings. The number of nitrogens with one attached hydrogen (secondary N) is 2. The molecule has 1 heterocycles. The molecule has 7 heteroatoms. The van der Waals surface area contributed by atoms with Crippen molar-refractivity contribution in [1.29, 1.82) is 0 Å². The van der Waals surface area contributed by atoms with E-state index >= 15 is 0 Å². The molecule has 0 aliphatic heterocycles. The lowest BCUT2D eigenvalue weighted by molar-refractivity contribution is -0.120. The van der Waals surface area contributed by atoms with Gasteiger partial charge in [-0.3, -0.25) is 4.79 Å². The van der Waals surface area contributed by atoms with E-state index in [2.05, 4.69) is 20.8 Å². The number of anilines is 1. The maximum atomic E-state index is 11.8. The Bertz CT molecular complexity index is 446. The number of hydrogen-bond donors (Lipinski definition) is 2. The van der Waals surface area contributed by atoms with Crippen LogP contribution < -0.4 is 10.6 Å². The molecule has 1 amide bonds. The standard InChI is InChI=1S/C14H24N4OS2/c1-3-9-15-12(19)10(2)20-14-18-17-13(21-14)16-11-7-5-4-6-8-11/h10-11H,3-9H2,1-2H3,(H,15,19)(H,16,17). The van der Waals surface area contributed by atoms with Crippen LogP contribution in [0, 0.1) is 0 Å². The van der Waals surface area contributed by atoms with Gasteiger partial charge < -0.3 is 10.6 Å². The first-order valence-corrected chi connectivity index (χ1v) is 9.43. The maximum Gasteiger partial charge on any atom is 0.233 e. The van der Waals surface area contributed by atoms with Gasteiger partial charge in [-0.05, 0) is 26.2 Å². The van der Waals surface area contributed by atoms with Gasteiger partial charge in [0.2, 0.25) is 11.0 Å². The Morgan fingerprint density at radius 3 is 2.86 bits per heavy atom. The van der Waals surface area contributed by atoms with Crippen molar-refractivity contribution in [3.63, 3.8) is 0 Å². The molecule has 0 radical (unpaired) electrons. The lowest BCUT2D eigenvalue weighted by atomic mass is 9.96. The van der Waals surface area contributed by atoms with Crippen molar-refractivity contribution in [3.8, 4) is 0 Å². The van der Waals surface area contributed by atoms with E-state index in [1.54, 1.807) is 11.3 Å². The highest BCUT2D eigenvalue weighted by Gasteiger charge is 2.18. The topological polar surface area (TPSA) is 66.9 Å². The fraction of sp³-hybridized carbons (Fsp3) is 0.786. The summed E-state index contributed by atoms with van der Waals surface area (Å²) in [5, 5.41) is 15.5. The molecule has 1 saturated carbocycles. The normalized spacial score (nSPS) is 17.4. The van der Waals surface area contributed by atoms with E-state index in [9.17, 15) is 4.79 Å². The van der Waals surface area contributed by atoms with Crippen molar-refractivity contribution in [2.75, 3.05) is 11.9 Å². The van der Waals surface area contributed by atoms with Crippen molar-refractivity contribution in [1.82, 2.24) is 15.5 Å². The Labute approximate surface area is 134 Å². The molecule has 5 nitrogen and oxygen atoms in total. The highest BCUT2D eigenvalue weighted by Crippen LogP contribution is 2.30. The number of aromatic nitrogens is 2. The maximum absolute atomic E-state index is 11.8. The average molecular weight is 329 g/mol. The Kier molecular flexibility index (Phi) is 6.76. The molecule has 0 saturated heterocycles. The molecular formula is C14H24N4OS2. The van der Waals surface area contributed by atoms with Gasteiger partial charge in [0.05, 0.1) is 5.25 Å². The molecule has 1 aliphatic rings. The molecule has 1 aliphatic carbocycles. The summed E-state index contributed by atoms with van der Waals surface area (Å²) in [6.07, 6.45) is 7.34. The smallest absolute Gasteiger partial charge is 0.233 e. The van der Waals surface area contributed by atoms with E-state index in [-0.39, 0.29) is 11.2 Å². The number of rotatable bonds is 7. The number of amides is 1. The van der Waals surface area contributed by atoms with Crippen LogP contribution in [-0.2, 0) is 4.79 Å². The summed E-state index contributed by atoms with van der Waals surface area (Å²) < 4.78 is 0.854. The Hall–Kier alpha value is -0.820. The molecule has 0 spiro atoms. The van der Waals surface area contributed by atoms with E-state index in [4.69, 9.17) is 0 Å². The minimum absolute atomic E-state index is 0.0684. The van der Waals surface area contributed by atoms with Crippen LogP contribution in [0.5, 0.6) is 0 Å². The summed E-state index contributed by atoms with van der Waals surface area (Å²) in [7, 11) is 0. The molecule has 1 fully saturated rings. The number of carbonyl (C=O) groups is 1. The van der Waals surface area contributed by atoms with E-state index in [1.807, 2.05) is 13.8 Å². The number of carbonyl (C=O) groups excluding carboxylic acids is 1. The highest BCUT2D eigenvalue weighted by atomic mass is 32.2. The zero-order valence-electron chi connectivity index (χ0n) is 12.7. The summed E-state index contributed by atoms with van der Waals surface area (Å²) in [6, 6.07) is 0.537. The van der Waals surface area contributed by atoms with Gasteiger partial charge in [-0.15, -0.1) is 10.2 Å². The van der Waals surface area contributed by atoms with Crippen LogP contribution >= 0.6 is 23.1 Å². The predicted molar refractivity (Wildman–Crippen MR) is 89.0 cm³/mol. The third-order valence-electron chi connectivity index (χ3n) is 3.54. The molecule has 0 aromatic carbocycles. The van der Waals surface area contributed by atoms with Crippen LogP contribution in [0.15, 0.2) is 4.34 Å². The summed E-state index contributed by atoms with van der Waals surface area (Å²) in [5.41, 5.74) is 0.